The molecule has 0 atom stereocenters. The molecule has 0 aliphatic carbocycles. The van der Waals surface area contributed by atoms with Crippen LogP contribution in [0.1, 0.15) is 50.8 Å². The maximum Gasteiger partial charge on any atom is 0.410 e. The van der Waals surface area contributed by atoms with E-state index < -0.39 is 5.60 Å². The number of piperidine rings is 1. The minimum atomic E-state index is -0.447. The van der Waals surface area contributed by atoms with E-state index >= 15 is 0 Å². The molecule has 5 heteroatoms. The van der Waals surface area contributed by atoms with Crippen molar-refractivity contribution in [1.82, 2.24) is 14.7 Å². The quantitative estimate of drug-likeness (QED) is 0.818. The number of hydrogen-bond acceptors (Lipinski definition) is 3. The molecule has 0 saturated carbocycles. The topological polar surface area (TPSA) is 47.4 Å². The summed E-state index contributed by atoms with van der Waals surface area (Å²) in [5.74, 6) is 0.404. The van der Waals surface area contributed by atoms with Crippen LogP contribution in [-0.2, 0) is 4.74 Å². The van der Waals surface area contributed by atoms with Crippen LogP contribution in [0.2, 0.25) is 0 Å². The number of amides is 1. The summed E-state index contributed by atoms with van der Waals surface area (Å²) in [5, 5.41) is 4.54. The normalized spacial score (nSPS) is 16.1. The molecule has 3 rings (SSSR count). The fourth-order valence-corrected chi connectivity index (χ4v) is 3.31. The molecular weight excluding hydrogens is 314 g/mol. The number of likely N-dealkylation sites (tertiary alicyclic amines) is 1. The molecule has 1 saturated heterocycles. The molecule has 0 N–H and O–H groups in total. The number of aryl methyl sites for hydroxylation is 1. The molecule has 1 fully saturated rings. The summed E-state index contributed by atoms with van der Waals surface area (Å²) < 4.78 is 7.53. The second kappa shape index (κ2) is 6.90. The summed E-state index contributed by atoms with van der Waals surface area (Å²) in [6.07, 6.45) is 3.51. The van der Waals surface area contributed by atoms with Crippen LogP contribution in [0, 0.1) is 6.92 Å². The van der Waals surface area contributed by atoms with Crippen LogP contribution in [0.4, 0.5) is 4.79 Å². The van der Waals surface area contributed by atoms with Crippen molar-refractivity contribution in [2.24, 2.45) is 0 Å². The van der Waals surface area contributed by atoms with Gasteiger partial charge in [-0.1, -0.05) is 18.2 Å². The lowest BCUT2D eigenvalue weighted by Crippen LogP contribution is -2.41. The van der Waals surface area contributed by atoms with Gasteiger partial charge in [-0.3, -0.25) is 0 Å². The van der Waals surface area contributed by atoms with Crippen molar-refractivity contribution in [2.45, 2.75) is 52.1 Å². The van der Waals surface area contributed by atoms with Gasteiger partial charge in [0.25, 0.3) is 0 Å². The molecule has 0 radical (unpaired) electrons. The van der Waals surface area contributed by atoms with Gasteiger partial charge >= 0.3 is 6.09 Å². The molecule has 0 unspecified atom stereocenters. The molecule has 5 nitrogen and oxygen atoms in total. The van der Waals surface area contributed by atoms with Gasteiger partial charge in [0, 0.05) is 30.9 Å². The molecule has 1 aromatic carbocycles. The first-order valence-corrected chi connectivity index (χ1v) is 8.93. The van der Waals surface area contributed by atoms with Crippen LogP contribution >= 0.6 is 0 Å². The summed E-state index contributed by atoms with van der Waals surface area (Å²) in [7, 11) is 0. The van der Waals surface area contributed by atoms with Gasteiger partial charge < -0.3 is 9.64 Å². The number of benzene rings is 1. The van der Waals surface area contributed by atoms with Crippen LogP contribution in [0.3, 0.4) is 0 Å². The monoisotopic (exact) mass is 341 g/mol. The lowest BCUT2D eigenvalue weighted by molar-refractivity contribution is 0.0203. The third-order valence-electron chi connectivity index (χ3n) is 4.58. The lowest BCUT2D eigenvalue weighted by atomic mass is 9.93. The van der Waals surface area contributed by atoms with E-state index in [2.05, 4.69) is 30.2 Å². The van der Waals surface area contributed by atoms with Gasteiger partial charge in [-0.25, -0.2) is 9.48 Å². The highest BCUT2D eigenvalue weighted by Gasteiger charge is 2.29. The van der Waals surface area contributed by atoms with Gasteiger partial charge in [0.05, 0.1) is 5.69 Å². The Kier molecular flexibility index (Phi) is 4.84. The summed E-state index contributed by atoms with van der Waals surface area (Å²) in [4.78, 5) is 14.0. The summed E-state index contributed by atoms with van der Waals surface area (Å²) in [6.45, 7) is 9.25. The van der Waals surface area contributed by atoms with Crippen LogP contribution < -0.4 is 0 Å². The molecule has 1 aliphatic rings. The Morgan fingerprint density at radius 1 is 1.16 bits per heavy atom. The highest BCUT2D eigenvalue weighted by molar-refractivity contribution is 5.68. The van der Waals surface area contributed by atoms with Crippen LogP contribution in [0.5, 0.6) is 0 Å². The SMILES string of the molecule is Cc1ccccc1-n1nccc1C1CCN(C(=O)OC(C)(C)C)CC1. The number of rotatable bonds is 2. The number of carbonyl (C=O) groups excluding carboxylic acids is 1. The number of aromatic nitrogens is 2. The van der Waals surface area contributed by atoms with Crippen LogP contribution in [0.25, 0.3) is 5.69 Å². The Morgan fingerprint density at radius 3 is 2.48 bits per heavy atom. The average Bonchev–Trinajstić information content (AvgIpc) is 3.03. The number of nitrogens with zero attached hydrogens (tertiary/aromatic N) is 3. The smallest absolute Gasteiger partial charge is 0.410 e. The molecule has 1 amide bonds. The second-order valence-corrected chi connectivity index (χ2v) is 7.70. The Hall–Kier alpha value is -2.30. The first-order valence-electron chi connectivity index (χ1n) is 8.93. The maximum absolute atomic E-state index is 12.2. The molecule has 1 aromatic heterocycles. The molecule has 134 valence electrons. The van der Waals surface area contributed by atoms with E-state index in [4.69, 9.17) is 4.74 Å². The standard InChI is InChI=1S/C20H27N3O2/c1-15-7-5-6-8-17(15)23-18(9-12-21-23)16-10-13-22(14-11-16)19(24)25-20(2,3)4/h5-9,12,16H,10-11,13-14H2,1-4H3. The van der Waals surface area contributed by atoms with Gasteiger partial charge in [-0.05, 0) is 58.2 Å². The van der Waals surface area contributed by atoms with Crippen LogP contribution in [-0.4, -0.2) is 39.5 Å². The van der Waals surface area contributed by atoms with Crippen molar-refractivity contribution in [3.05, 3.63) is 47.8 Å². The van der Waals surface area contributed by atoms with Gasteiger partial charge in [0.15, 0.2) is 0 Å². The van der Waals surface area contributed by atoms with Crippen LogP contribution in [0.15, 0.2) is 36.5 Å². The lowest BCUT2D eigenvalue weighted by Gasteiger charge is -2.33. The zero-order valence-electron chi connectivity index (χ0n) is 15.5. The fraction of sp³-hybridized carbons (Fsp3) is 0.500. The molecule has 2 aromatic rings. The van der Waals surface area contributed by atoms with Crippen molar-refractivity contribution >= 4 is 6.09 Å². The Balaban J connectivity index is 1.70. The van der Waals surface area contributed by atoms with Gasteiger partial charge in [0.1, 0.15) is 5.60 Å². The average molecular weight is 341 g/mol. The van der Waals surface area contributed by atoms with E-state index in [0.717, 1.165) is 31.6 Å². The zero-order valence-corrected chi connectivity index (χ0v) is 15.5. The highest BCUT2D eigenvalue weighted by atomic mass is 16.6. The van der Waals surface area contributed by atoms with E-state index in [1.54, 1.807) is 0 Å². The Bertz CT molecular complexity index is 737. The van der Waals surface area contributed by atoms with E-state index in [1.807, 2.05) is 48.7 Å². The molecule has 25 heavy (non-hydrogen) atoms. The fourth-order valence-electron chi connectivity index (χ4n) is 3.31. The Labute approximate surface area is 149 Å². The summed E-state index contributed by atoms with van der Waals surface area (Å²) >= 11 is 0. The summed E-state index contributed by atoms with van der Waals surface area (Å²) in [5.41, 5.74) is 3.10. The molecule has 0 bridgehead atoms. The van der Waals surface area contributed by atoms with Gasteiger partial charge in [-0.15, -0.1) is 0 Å². The first-order chi connectivity index (χ1) is 11.8. The minimum absolute atomic E-state index is 0.210. The number of carbonyl (C=O) groups is 1. The first kappa shape index (κ1) is 17.5. The highest BCUT2D eigenvalue weighted by Crippen LogP contribution is 2.30. The number of hydrogen-bond donors (Lipinski definition) is 0. The van der Waals surface area contributed by atoms with Crippen molar-refractivity contribution in [1.29, 1.82) is 0 Å². The third kappa shape index (κ3) is 4.03. The predicted octanol–water partition coefficient (Wildman–Crippen LogP) is 4.30. The zero-order chi connectivity index (χ0) is 18.0. The molecule has 1 aliphatic heterocycles. The minimum Gasteiger partial charge on any atom is -0.444 e. The van der Waals surface area contributed by atoms with E-state index in [9.17, 15) is 4.79 Å². The Morgan fingerprint density at radius 2 is 1.84 bits per heavy atom. The number of para-hydroxylation sites is 1. The van der Waals surface area contributed by atoms with Crippen molar-refractivity contribution < 1.29 is 9.53 Å². The van der Waals surface area contributed by atoms with Crippen molar-refractivity contribution in [3.63, 3.8) is 0 Å². The predicted molar refractivity (Wildman–Crippen MR) is 98.1 cm³/mol. The van der Waals surface area contributed by atoms with Gasteiger partial charge in [-0.2, -0.15) is 5.10 Å². The van der Waals surface area contributed by atoms with E-state index in [1.165, 1.54) is 11.3 Å². The molecular formula is C20H27N3O2. The second-order valence-electron chi connectivity index (χ2n) is 7.70. The summed E-state index contributed by atoms with van der Waals surface area (Å²) in [6, 6.07) is 10.4. The number of ether oxygens (including phenoxy) is 1. The maximum atomic E-state index is 12.2. The molecule has 0 spiro atoms. The van der Waals surface area contributed by atoms with E-state index in [-0.39, 0.29) is 6.09 Å². The van der Waals surface area contributed by atoms with E-state index in [0.29, 0.717) is 5.92 Å². The largest absolute Gasteiger partial charge is 0.444 e. The van der Waals surface area contributed by atoms with Crippen molar-refractivity contribution in [2.75, 3.05) is 13.1 Å². The van der Waals surface area contributed by atoms with Gasteiger partial charge in [0.2, 0.25) is 0 Å². The third-order valence-corrected chi connectivity index (χ3v) is 4.58. The van der Waals surface area contributed by atoms with Crippen molar-refractivity contribution in [3.8, 4) is 5.69 Å². The molecule has 2 heterocycles.